The van der Waals surface area contributed by atoms with E-state index in [-0.39, 0.29) is 32.5 Å². The quantitative estimate of drug-likeness (QED) is 0.138. The zero-order valence-electron chi connectivity index (χ0n) is 56.7. The fourth-order valence-electron chi connectivity index (χ4n) is 13.7. The normalized spacial score (nSPS) is 13.0. The highest BCUT2D eigenvalue weighted by Gasteiger charge is 2.29. The van der Waals surface area contributed by atoms with Crippen molar-refractivity contribution >= 4 is 71.2 Å². The minimum atomic E-state index is -0.144. The molecule has 0 unspecified atom stereocenters. The van der Waals surface area contributed by atoms with Crippen molar-refractivity contribution in [2.75, 3.05) is 4.90 Å². The van der Waals surface area contributed by atoms with Crippen LogP contribution in [0.3, 0.4) is 0 Å². The van der Waals surface area contributed by atoms with E-state index < -0.39 is 0 Å². The van der Waals surface area contributed by atoms with Gasteiger partial charge in [0.1, 0.15) is 0 Å². The molecule has 2 heteroatoms. The molecule has 0 aliphatic carbocycles. The van der Waals surface area contributed by atoms with Crippen molar-refractivity contribution in [3.8, 4) is 50.2 Å². The van der Waals surface area contributed by atoms with Gasteiger partial charge in [0.25, 0.3) is 0 Å². The molecule has 0 bridgehead atoms. The van der Waals surface area contributed by atoms with E-state index in [0.29, 0.717) is 0 Å². The summed E-state index contributed by atoms with van der Waals surface area (Å²) in [5.74, 6) is 0. The molecule has 0 aliphatic rings. The van der Waals surface area contributed by atoms with E-state index in [1.165, 1.54) is 138 Å². The molecule has 2 nitrogen and oxygen atoms in total. The van der Waals surface area contributed by atoms with Crippen molar-refractivity contribution in [3.05, 3.63) is 252 Å². The van der Waals surface area contributed by atoms with E-state index in [1.807, 2.05) is 0 Å². The molecule has 0 fully saturated rings. The summed E-state index contributed by atoms with van der Waals surface area (Å²) in [5, 5.41) is 10.0. The van der Waals surface area contributed by atoms with Gasteiger partial charge in [-0.1, -0.05) is 282 Å². The number of nitrogens with zero attached hydrogens (tertiary/aromatic N) is 2. The Hall–Kier alpha value is -8.72. The summed E-state index contributed by atoms with van der Waals surface area (Å²) in [6.45, 7) is 42.0. The van der Waals surface area contributed by atoms with Gasteiger partial charge in [0.05, 0.1) is 28.1 Å². The topological polar surface area (TPSA) is 8.17 Å². The molecular formula is C88H90N2. The predicted octanol–water partition coefficient (Wildman–Crippen LogP) is 25.6. The lowest BCUT2D eigenvalue weighted by Gasteiger charge is -2.32. The number of rotatable bonds is 8. The highest BCUT2D eigenvalue weighted by molar-refractivity contribution is 6.28. The number of aromatic nitrogens is 1. The highest BCUT2D eigenvalue weighted by atomic mass is 15.1. The minimum absolute atomic E-state index is 0.00100. The van der Waals surface area contributed by atoms with Crippen LogP contribution >= 0.6 is 0 Å². The summed E-state index contributed by atoms with van der Waals surface area (Å²) < 4.78 is 2.55. The fourth-order valence-corrected chi connectivity index (χ4v) is 13.7. The molecule has 0 N–H and O–H groups in total. The molecule has 13 rings (SSSR count). The summed E-state index contributed by atoms with van der Waals surface area (Å²) in [6.07, 6.45) is 0. The van der Waals surface area contributed by atoms with E-state index in [1.54, 1.807) is 0 Å². The van der Waals surface area contributed by atoms with Gasteiger partial charge in [-0.05, 0) is 187 Å². The van der Waals surface area contributed by atoms with Crippen LogP contribution in [0.15, 0.2) is 218 Å². The highest BCUT2D eigenvalue weighted by Crippen LogP contribution is 2.51. The Morgan fingerprint density at radius 1 is 0.256 bits per heavy atom. The van der Waals surface area contributed by atoms with Gasteiger partial charge in [0.2, 0.25) is 0 Å². The van der Waals surface area contributed by atoms with Crippen LogP contribution in [-0.2, 0) is 32.5 Å². The van der Waals surface area contributed by atoms with E-state index in [0.717, 1.165) is 17.1 Å². The molecule has 13 aromatic rings. The van der Waals surface area contributed by atoms with Crippen molar-refractivity contribution in [2.24, 2.45) is 0 Å². The van der Waals surface area contributed by atoms with Crippen LogP contribution in [0, 0.1) is 0 Å². The molecule has 0 amide bonds. The first kappa shape index (κ1) is 60.2. The molecule has 0 saturated heterocycles. The molecular weight excluding hydrogens is 1080 g/mol. The average molecular weight is 1180 g/mol. The van der Waals surface area contributed by atoms with Gasteiger partial charge in [0, 0.05) is 32.8 Å². The van der Waals surface area contributed by atoms with Gasteiger partial charge < -0.3 is 9.47 Å². The van der Waals surface area contributed by atoms with E-state index in [2.05, 4.69) is 352 Å². The number of benzene rings is 12. The van der Waals surface area contributed by atoms with Gasteiger partial charge >= 0.3 is 0 Å². The van der Waals surface area contributed by atoms with Gasteiger partial charge in [-0.3, -0.25) is 0 Å². The lowest BCUT2D eigenvalue weighted by atomic mass is 9.78. The van der Waals surface area contributed by atoms with E-state index >= 15 is 0 Å². The van der Waals surface area contributed by atoms with E-state index in [4.69, 9.17) is 0 Å². The van der Waals surface area contributed by atoms with Crippen LogP contribution < -0.4 is 4.90 Å². The zero-order chi connectivity index (χ0) is 63.8. The van der Waals surface area contributed by atoms with Crippen LogP contribution in [0.5, 0.6) is 0 Å². The maximum atomic E-state index is 2.60. The Balaban J connectivity index is 1.09. The third-order valence-electron chi connectivity index (χ3n) is 19.2. The Kier molecular flexibility index (Phi) is 14.4. The van der Waals surface area contributed by atoms with Crippen molar-refractivity contribution < 1.29 is 0 Å². The average Bonchev–Trinajstić information content (AvgIpc) is 1.04. The third-order valence-corrected chi connectivity index (χ3v) is 19.2. The van der Waals surface area contributed by atoms with Crippen LogP contribution in [0.1, 0.15) is 158 Å². The summed E-state index contributed by atoms with van der Waals surface area (Å²) in [7, 11) is 0. The lowest BCUT2D eigenvalue weighted by Crippen LogP contribution is -2.16. The molecule has 0 spiro atoms. The molecule has 1 aromatic heterocycles. The van der Waals surface area contributed by atoms with Crippen LogP contribution in [-0.4, -0.2) is 4.57 Å². The van der Waals surface area contributed by atoms with Crippen LogP contribution in [0.25, 0.3) is 104 Å². The number of hydrogen-bond donors (Lipinski definition) is 0. The molecule has 0 radical (unpaired) electrons. The Morgan fingerprint density at radius 3 is 1.27 bits per heavy atom. The monoisotopic (exact) mass is 1170 g/mol. The lowest BCUT2D eigenvalue weighted by molar-refractivity contribution is 0.569. The van der Waals surface area contributed by atoms with E-state index in [9.17, 15) is 0 Å². The van der Waals surface area contributed by atoms with Crippen molar-refractivity contribution in [1.29, 1.82) is 0 Å². The maximum absolute atomic E-state index is 2.60. The van der Waals surface area contributed by atoms with Crippen molar-refractivity contribution in [1.82, 2.24) is 4.57 Å². The second kappa shape index (κ2) is 21.5. The second-order valence-electron chi connectivity index (χ2n) is 32.0. The Labute approximate surface area is 536 Å². The summed E-state index contributed by atoms with van der Waals surface area (Å²) in [4.78, 5) is 2.60. The second-order valence-corrected chi connectivity index (χ2v) is 32.0. The van der Waals surface area contributed by atoms with Crippen LogP contribution in [0.2, 0.25) is 0 Å². The third kappa shape index (κ3) is 10.9. The van der Waals surface area contributed by atoms with Gasteiger partial charge in [0.15, 0.2) is 0 Å². The van der Waals surface area contributed by atoms with Gasteiger partial charge in [-0.2, -0.15) is 0 Å². The molecule has 90 heavy (non-hydrogen) atoms. The molecule has 0 atom stereocenters. The largest absolute Gasteiger partial charge is 0.309 e. The zero-order valence-corrected chi connectivity index (χ0v) is 56.7. The molecule has 1 heterocycles. The SMILES string of the molecule is CC(C)(C)c1cc(-c2cccc(N(c3cc(C(C)(C)C)ccc3-c3ccccc3-c3ccccc3)c3ccc4ccc5c(-n6c7ccc(C(C)(C)C)cc7c7cc(C(C)(C)C)ccc76)ccc6ccc3c4c65)c2)cc(-c2cc(C(C)(C)C)cc(C(C)(C)C)c2)c1. The predicted molar refractivity (Wildman–Crippen MR) is 393 cm³/mol. The summed E-state index contributed by atoms with van der Waals surface area (Å²) >= 11 is 0. The molecule has 0 saturated carbocycles. The molecule has 452 valence electrons. The smallest absolute Gasteiger partial charge is 0.0543 e. The van der Waals surface area contributed by atoms with Gasteiger partial charge in [-0.25, -0.2) is 0 Å². The standard InChI is InChI=1S/C88H90N2/c1-83(2,3)62-36-43-78-74(52-62)75-53-63(84(4,5)6)37-44-79(75)90(78)77-42-34-57-31-38-72-76(41-33-56-32-39-73(77)82(57)81(56)72)89(80-54-64(85(7,8)9)35-40-71(80)70-30-23-22-29-69(70)55-25-20-19-21-26-55)68-28-24-27-58(50-68)59-45-60(47-65(46-59)86(10,11)12)61-48-66(87(13,14)15)51-67(49-61)88(16,17)18/h19-54H,1-18H3. The molecule has 0 aliphatic heterocycles. The van der Waals surface area contributed by atoms with Gasteiger partial charge in [-0.15, -0.1) is 0 Å². The summed E-state index contributed by atoms with van der Waals surface area (Å²) in [5.41, 5.74) is 24.3. The van der Waals surface area contributed by atoms with Crippen molar-refractivity contribution in [2.45, 2.75) is 157 Å². The Bertz CT molecular complexity index is 4820. The van der Waals surface area contributed by atoms with Crippen molar-refractivity contribution in [3.63, 3.8) is 0 Å². The fraction of sp³-hybridized carbons (Fsp3) is 0.273. The Morgan fingerprint density at radius 2 is 0.700 bits per heavy atom. The first-order valence-electron chi connectivity index (χ1n) is 32.7. The maximum Gasteiger partial charge on any atom is 0.0543 e. The number of hydrogen-bond acceptors (Lipinski definition) is 1. The molecule has 12 aromatic carbocycles. The first-order chi connectivity index (χ1) is 42.4. The summed E-state index contributed by atoms with van der Waals surface area (Å²) in [6, 6.07) is 84.7. The number of fused-ring (bicyclic) bond motifs is 3. The minimum Gasteiger partial charge on any atom is -0.309 e. The first-order valence-corrected chi connectivity index (χ1v) is 32.7. The van der Waals surface area contributed by atoms with Crippen LogP contribution in [0.4, 0.5) is 17.1 Å². The number of anilines is 3.